The Morgan fingerprint density at radius 2 is 2.11 bits per heavy atom. The first kappa shape index (κ1) is 12.4. The summed E-state index contributed by atoms with van der Waals surface area (Å²) >= 11 is 0. The molecule has 0 bridgehead atoms. The molecule has 0 aliphatic rings. The number of carbonyl (C=O) groups is 1. The van der Waals surface area contributed by atoms with Gasteiger partial charge < -0.3 is 19.8 Å². The first-order valence-electron chi connectivity index (χ1n) is 5.53. The van der Waals surface area contributed by atoms with Crippen LogP contribution >= 0.6 is 0 Å². The third-order valence-electron chi connectivity index (χ3n) is 3.15. The van der Waals surface area contributed by atoms with Gasteiger partial charge in [0.05, 0.1) is 30.6 Å². The zero-order valence-electron chi connectivity index (χ0n) is 10.7. The molecule has 96 valence electrons. The molecular formula is C13H16N2O3. The highest BCUT2D eigenvalue weighted by Gasteiger charge is 2.18. The Morgan fingerprint density at radius 3 is 2.67 bits per heavy atom. The molecule has 2 N–H and O–H groups in total. The Hall–Kier alpha value is -2.01. The number of aryl methyl sites for hydroxylation is 1. The van der Waals surface area contributed by atoms with Crippen LogP contribution in [-0.2, 0) is 18.4 Å². The minimum Gasteiger partial charge on any atom is -0.495 e. The molecule has 1 aromatic carbocycles. The fourth-order valence-corrected chi connectivity index (χ4v) is 2.24. The quantitative estimate of drug-likeness (QED) is 0.661. The molecule has 18 heavy (non-hydrogen) atoms. The molecule has 0 radical (unpaired) electrons. The fraction of sp³-hybridized carbons (Fsp3) is 0.308. The van der Waals surface area contributed by atoms with Crippen molar-refractivity contribution in [1.82, 2.24) is 4.57 Å². The summed E-state index contributed by atoms with van der Waals surface area (Å²) in [6, 6.07) is 3.68. The maximum Gasteiger partial charge on any atom is 0.152 e. The topological polar surface area (TPSA) is 66.5 Å². The van der Waals surface area contributed by atoms with Crippen molar-refractivity contribution in [3.63, 3.8) is 0 Å². The Bertz CT molecular complexity index is 602. The average molecular weight is 248 g/mol. The third kappa shape index (κ3) is 1.64. The Labute approximate surface area is 105 Å². The standard InChI is InChI=1S/C13H16N2O3/c1-15-9-4-5-11(18-3)13(14)12(9)8(6-16)10(15)7-17-2/h4-6H,7,14H2,1-3H3. The molecule has 0 amide bonds. The number of anilines is 1. The van der Waals surface area contributed by atoms with Crippen molar-refractivity contribution in [1.29, 1.82) is 0 Å². The second-order valence-electron chi connectivity index (χ2n) is 4.05. The van der Waals surface area contributed by atoms with Crippen LogP contribution in [0.25, 0.3) is 10.9 Å². The van der Waals surface area contributed by atoms with Gasteiger partial charge in [-0.3, -0.25) is 4.79 Å². The van der Waals surface area contributed by atoms with E-state index in [0.717, 1.165) is 22.9 Å². The SMILES string of the molecule is COCc1c(C=O)c2c(N)c(OC)ccc2n1C. The number of ether oxygens (including phenoxy) is 2. The van der Waals surface area contributed by atoms with E-state index in [1.165, 1.54) is 0 Å². The van der Waals surface area contributed by atoms with Gasteiger partial charge in [-0.15, -0.1) is 0 Å². The lowest BCUT2D eigenvalue weighted by atomic mass is 10.1. The lowest BCUT2D eigenvalue weighted by Crippen LogP contribution is -2.00. The number of benzene rings is 1. The summed E-state index contributed by atoms with van der Waals surface area (Å²) in [6.45, 7) is 0.362. The number of rotatable bonds is 4. The van der Waals surface area contributed by atoms with E-state index in [4.69, 9.17) is 15.2 Å². The monoisotopic (exact) mass is 248 g/mol. The number of carbonyl (C=O) groups excluding carboxylic acids is 1. The van der Waals surface area contributed by atoms with Crippen molar-refractivity contribution >= 4 is 22.9 Å². The summed E-state index contributed by atoms with van der Waals surface area (Å²) in [4.78, 5) is 11.3. The highest BCUT2D eigenvalue weighted by atomic mass is 16.5. The molecule has 0 atom stereocenters. The van der Waals surface area contributed by atoms with Crippen molar-refractivity contribution in [2.24, 2.45) is 7.05 Å². The average Bonchev–Trinajstić information content (AvgIpc) is 2.65. The number of nitrogens with two attached hydrogens (primary N) is 1. The van der Waals surface area contributed by atoms with Gasteiger partial charge in [0.2, 0.25) is 0 Å². The van der Waals surface area contributed by atoms with Crippen LogP contribution in [0, 0.1) is 0 Å². The molecule has 0 aliphatic carbocycles. The first-order valence-corrected chi connectivity index (χ1v) is 5.53. The Kier molecular flexibility index (Phi) is 3.25. The molecule has 0 saturated heterocycles. The van der Waals surface area contributed by atoms with E-state index in [2.05, 4.69) is 0 Å². The zero-order chi connectivity index (χ0) is 13.3. The molecule has 1 aromatic heterocycles. The van der Waals surface area contributed by atoms with Crippen molar-refractivity contribution in [3.8, 4) is 5.75 Å². The normalized spacial score (nSPS) is 10.8. The van der Waals surface area contributed by atoms with Gasteiger partial charge in [0.25, 0.3) is 0 Å². The first-order chi connectivity index (χ1) is 8.65. The second-order valence-corrected chi connectivity index (χ2v) is 4.05. The minimum atomic E-state index is 0.362. The van der Waals surface area contributed by atoms with Gasteiger partial charge in [-0.25, -0.2) is 0 Å². The number of methoxy groups -OCH3 is 2. The number of hydrogen-bond acceptors (Lipinski definition) is 4. The number of nitrogens with zero attached hydrogens (tertiary/aromatic N) is 1. The molecule has 5 heteroatoms. The van der Waals surface area contributed by atoms with E-state index < -0.39 is 0 Å². The van der Waals surface area contributed by atoms with E-state index in [9.17, 15) is 4.79 Å². The summed E-state index contributed by atoms with van der Waals surface area (Å²) in [5, 5.41) is 0.721. The highest BCUT2D eigenvalue weighted by Crippen LogP contribution is 2.35. The van der Waals surface area contributed by atoms with Crippen LogP contribution in [0.3, 0.4) is 0 Å². The van der Waals surface area contributed by atoms with Gasteiger partial charge in [0.15, 0.2) is 6.29 Å². The number of hydrogen-bond donors (Lipinski definition) is 1. The molecule has 2 rings (SSSR count). The lowest BCUT2D eigenvalue weighted by molar-refractivity contribution is 0.111. The van der Waals surface area contributed by atoms with Crippen molar-refractivity contribution in [2.75, 3.05) is 20.0 Å². The smallest absolute Gasteiger partial charge is 0.152 e. The lowest BCUT2D eigenvalue weighted by Gasteiger charge is -2.06. The van der Waals surface area contributed by atoms with Crippen LogP contribution in [0.5, 0.6) is 5.75 Å². The molecule has 0 spiro atoms. The molecule has 2 aromatic rings. The molecular weight excluding hydrogens is 232 g/mol. The van der Waals surface area contributed by atoms with Gasteiger partial charge in [0, 0.05) is 25.1 Å². The van der Waals surface area contributed by atoms with Crippen LogP contribution in [-0.4, -0.2) is 25.1 Å². The van der Waals surface area contributed by atoms with Crippen LogP contribution in [0.15, 0.2) is 12.1 Å². The van der Waals surface area contributed by atoms with Crippen LogP contribution in [0.4, 0.5) is 5.69 Å². The summed E-state index contributed by atoms with van der Waals surface area (Å²) in [7, 11) is 5.03. The highest BCUT2D eigenvalue weighted by molar-refractivity contribution is 6.07. The zero-order valence-corrected chi connectivity index (χ0v) is 10.7. The van der Waals surface area contributed by atoms with Crippen LogP contribution < -0.4 is 10.5 Å². The molecule has 0 fully saturated rings. The second kappa shape index (κ2) is 4.70. The Morgan fingerprint density at radius 1 is 1.39 bits per heavy atom. The fourth-order valence-electron chi connectivity index (χ4n) is 2.24. The van der Waals surface area contributed by atoms with E-state index in [1.807, 2.05) is 17.7 Å². The van der Waals surface area contributed by atoms with E-state index in [0.29, 0.717) is 23.6 Å². The summed E-state index contributed by atoms with van der Waals surface area (Å²) in [5.41, 5.74) is 8.79. The summed E-state index contributed by atoms with van der Waals surface area (Å²) in [6.07, 6.45) is 0.812. The molecule has 0 saturated carbocycles. The van der Waals surface area contributed by atoms with Crippen molar-refractivity contribution in [3.05, 3.63) is 23.4 Å². The van der Waals surface area contributed by atoms with Crippen LogP contribution in [0.1, 0.15) is 16.1 Å². The summed E-state index contributed by atoms with van der Waals surface area (Å²) < 4.78 is 12.2. The third-order valence-corrected chi connectivity index (χ3v) is 3.15. The van der Waals surface area contributed by atoms with E-state index >= 15 is 0 Å². The molecule has 0 unspecified atom stereocenters. The largest absolute Gasteiger partial charge is 0.495 e. The van der Waals surface area contributed by atoms with Gasteiger partial charge in [-0.05, 0) is 12.1 Å². The van der Waals surface area contributed by atoms with E-state index in [-0.39, 0.29) is 0 Å². The van der Waals surface area contributed by atoms with Gasteiger partial charge in [-0.2, -0.15) is 0 Å². The van der Waals surface area contributed by atoms with Gasteiger partial charge in [-0.1, -0.05) is 0 Å². The maximum absolute atomic E-state index is 11.3. The molecule has 0 aliphatic heterocycles. The number of nitrogen functional groups attached to an aromatic ring is 1. The van der Waals surface area contributed by atoms with Crippen LogP contribution in [0.2, 0.25) is 0 Å². The number of aldehydes is 1. The molecule has 5 nitrogen and oxygen atoms in total. The van der Waals surface area contributed by atoms with Gasteiger partial charge in [0.1, 0.15) is 5.75 Å². The number of aromatic nitrogens is 1. The minimum absolute atomic E-state index is 0.362. The predicted octanol–water partition coefficient (Wildman–Crippen LogP) is 1.73. The van der Waals surface area contributed by atoms with Gasteiger partial charge >= 0.3 is 0 Å². The van der Waals surface area contributed by atoms with E-state index in [1.54, 1.807) is 20.3 Å². The maximum atomic E-state index is 11.3. The predicted molar refractivity (Wildman–Crippen MR) is 70.0 cm³/mol. The number of fused-ring (bicyclic) bond motifs is 1. The van der Waals surface area contributed by atoms with Crippen molar-refractivity contribution in [2.45, 2.75) is 6.61 Å². The Balaban J connectivity index is 2.85. The summed E-state index contributed by atoms with van der Waals surface area (Å²) in [5.74, 6) is 0.570. The van der Waals surface area contributed by atoms with Crippen molar-refractivity contribution < 1.29 is 14.3 Å². The molecule has 1 heterocycles.